The van der Waals surface area contributed by atoms with E-state index in [0.717, 1.165) is 18.8 Å². The molecule has 4 nitrogen and oxygen atoms in total. The van der Waals surface area contributed by atoms with Gasteiger partial charge in [0.15, 0.2) is 0 Å². The number of aromatic nitrogens is 2. The summed E-state index contributed by atoms with van der Waals surface area (Å²) in [5.74, 6) is 0.780. The SMILES string of the molecule is CCCCCCN[C@@H](C)c1nc2cc(Cl)ccc2c(=O)n1CC. The number of rotatable bonds is 8. The van der Waals surface area contributed by atoms with Crippen molar-refractivity contribution < 1.29 is 0 Å². The standard InChI is InChI=1S/C18H26ClN3O/c1-4-6-7-8-11-20-13(3)17-21-16-12-14(19)9-10-15(16)18(23)22(17)5-2/h9-10,12-13,20H,4-8,11H2,1-3H3/t13-/m0/s1. The summed E-state index contributed by atoms with van der Waals surface area (Å²) in [6, 6.07) is 5.29. The molecule has 1 N–H and O–H groups in total. The van der Waals surface area contributed by atoms with Crippen LogP contribution < -0.4 is 10.9 Å². The summed E-state index contributed by atoms with van der Waals surface area (Å²) in [6.45, 7) is 7.79. The van der Waals surface area contributed by atoms with E-state index in [1.165, 1.54) is 19.3 Å². The van der Waals surface area contributed by atoms with Crippen molar-refractivity contribution in [1.82, 2.24) is 14.9 Å². The molecule has 126 valence electrons. The smallest absolute Gasteiger partial charge is 0.261 e. The number of halogens is 1. The lowest BCUT2D eigenvalue weighted by Crippen LogP contribution is -2.31. The first-order valence-corrected chi connectivity index (χ1v) is 8.89. The Hall–Kier alpha value is -1.39. The summed E-state index contributed by atoms with van der Waals surface area (Å²) >= 11 is 6.04. The molecule has 23 heavy (non-hydrogen) atoms. The first-order valence-electron chi connectivity index (χ1n) is 8.51. The average Bonchev–Trinajstić information content (AvgIpc) is 2.54. The van der Waals surface area contributed by atoms with Crippen LogP contribution >= 0.6 is 11.6 Å². The predicted octanol–water partition coefficient (Wildman–Crippen LogP) is 4.30. The van der Waals surface area contributed by atoms with E-state index >= 15 is 0 Å². The Morgan fingerprint density at radius 3 is 2.74 bits per heavy atom. The van der Waals surface area contributed by atoms with Crippen LogP contribution in [0.3, 0.4) is 0 Å². The molecule has 2 aromatic rings. The number of benzene rings is 1. The van der Waals surface area contributed by atoms with E-state index in [1.54, 1.807) is 22.8 Å². The van der Waals surface area contributed by atoms with Crippen LogP contribution in [0.15, 0.2) is 23.0 Å². The fourth-order valence-corrected chi connectivity index (χ4v) is 2.98. The van der Waals surface area contributed by atoms with Crippen molar-refractivity contribution in [2.45, 2.75) is 59.0 Å². The summed E-state index contributed by atoms with van der Waals surface area (Å²) in [7, 11) is 0. The Kier molecular flexibility index (Phi) is 6.60. The van der Waals surface area contributed by atoms with Crippen LogP contribution in [0.4, 0.5) is 0 Å². The van der Waals surface area contributed by atoms with Gasteiger partial charge in [0.1, 0.15) is 5.82 Å². The fraction of sp³-hybridized carbons (Fsp3) is 0.556. The van der Waals surface area contributed by atoms with Gasteiger partial charge in [0.25, 0.3) is 5.56 Å². The van der Waals surface area contributed by atoms with E-state index < -0.39 is 0 Å². The van der Waals surface area contributed by atoms with Crippen molar-refractivity contribution in [1.29, 1.82) is 0 Å². The second-order valence-electron chi connectivity index (χ2n) is 5.92. The molecule has 2 rings (SSSR count). The van der Waals surface area contributed by atoms with Gasteiger partial charge >= 0.3 is 0 Å². The highest BCUT2D eigenvalue weighted by Gasteiger charge is 2.15. The normalized spacial score (nSPS) is 12.7. The molecule has 0 aliphatic heterocycles. The van der Waals surface area contributed by atoms with Gasteiger partial charge in [-0.3, -0.25) is 9.36 Å². The van der Waals surface area contributed by atoms with Crippen molar-refractivity contribution in [2.24, 2.45) is 0 Å². The van der Waals surface area contributed by atoms with E-state index in [1.807, 2.05) is 6.92 Å². The van der Waals surface area contributed by atoms with Crippen LogP contribution in [0.1, 0.15) is 58.3 Å². The van der Waals surface area contributed by atoms with Crippen LogP contribution in [0.25, 0.3) is 10.9 Å². The minimum atomic E-state index is 0.00352. The number of fused-ring (bicyclic) bond motifs is 1. The molecule has 1 atom stereocenters. The molecule has 0 saturated heterocycles. The molecule has 0 aliphatic rings. The van der Waals surface area contributed by atoms with E-state index in [2.05, 4.69) is 19.2 Å². The van der Waals surface area contributed by atoms with Crippen molar-refractivity contribution >= 4 is 22.5 Å². The third kappa shape index (κ3) is 4.33. The minimum absolute atomic E-state index is 0.00352. The number of nitrogens with one attached hydrogen (secondary N) is 1. The Morgan fingerprint density at radius 1 is 1.26 bits per heavy atom. The zero-order chi connectivity index (χ0) is 16.8. The zero-order valence-electron chi connectivity index (χ0n) is 14.2. The molecule has 0 bridgehead atoms. The maximum Gasteiger partial charge on any atom is 0.261 e. The Labute approximate surface area is 142 Å². The number of unbranched alkanes of at least 4 members (excludes halogenated alkanes) is 3. The molecule has 0 fully saturated rings. The number of hydrogen-bond acceptors (Lipinski definition) is 3. The molecule has 1 aromatic carbocycles. The van der Waals surface area contributed by atoms with E-state index in [9.17, 15) is 4.79 Å². The molecule has 0 saturated carbocycles. The Balaban J connectivity index is 2.26. The molecule has 0 spiro atoms. The van der Waals surface area contributed by atoms with Gasteiger partial charge in [-0.2, -0.15) is 0 Å². The second-order valence-corrected chi connectivity index (χ2v) is 6.35. The minimum Gasteiger partial charge on any atom is -0.308 e. The molecule has 0 aliphatic carbocycles. The first-order chi connectivity index (χ1) is 11.1. The molecule has 0 amide bonds. The van der Waals surface area contributed by atoms with Gasteiger partial charge in [0.2, 0.25) is 0 Å². The van der Waals surface area contributed by atoms with Gasteiger partial charge in [-0.25, -0.2) is 4.98 Å². The molecular formula is C18H26ClN3O. The molecule has 1 heterocycles. The topological polar surface area (TPSA) is 46.9 Å². The van der Waals surface area contributed by atoms with Crippen LogP contribution in [0, 0.1) is 0 Å². The van der Waals surface area contributed by atoms with Crippen molar-refractivity contribution in [3.8, 4) is 0 Å². The van der Waals surface area contributed by atoms with E-state index in [-0.39, 0.29) is 11.6 Å². The number of nitrogens with zero attached hydrogens (tertiary/aromatic N) is 2. The maximum atomic E-state index is 12.7. The first kappa shape index (κ1) is 18.0. The molecule has 0 radical (unpaired) electrons. The third-order valence-electron chi connectivity index (χ3n) is 4.13. The summed E-state index contributed by atoms with van der Waals surface area (Å²) in [6.07, 6.45) is 4.88. The Bertz CT molecular complexity index is 711. The average molecular weight is 336 g/mol. The maximum absolute atomic E-state index is 12.7. The molecular weight excluding hydrogens is 310 g/mol. The largest absolute Gasteiger partial charge is 0.308 e. The highest BCUT2D eigenvalue weighted by atomic mass is 35.5. The molecule has 5 heteroatoms. The van der Waals surface area contributed by atoms with Crippen LogP contribution in [-0.4, -0.2) is 16.1 Å². The lowest BCUT2D eigenvalue weighted by atomic mass is 10.2. The summed E-state index contributed by atoms with van der Waals surface area (Å²) in [5, 5.41) is 4.71. The lowest BCUT2D eigenvalue weighted by Gasteiger charge is -2.18. The van der Waals surface area contributed by atoms with E-state index in [4.69, 9.17) is 16.6 Å². The summed E-state index contributed by atoms with van der Waals surface area (Å²) in [5.41, 5.74) is 0.672. The van der Waals surface area contributed by atoms with Crippen molar-refractivity contribution in [3.63, 3.8) is 0 Å². The highest BCUT2D eigenvalue weighted by molar-refractivity contribution is 6.31. The zero-order valence-corrected chi connectivity index (χ0v) is 15.0. The quantitative estimate of drug-likeness (QED) is 0.731. The molecule has 1 aromatic heterocycles. The second kappa shape index (κ2) is 8.46. The van der Waals surface area contributed by atoms with Crippen LogP contribution in [0.2, 0.25) is 5.02 Å². The van der Waals surface area contributed by atoms with Crippen molar-refractivity contribution in [2.75, 3.05) is 6.54 Å². The number of hydrogen-bond donors (Lipinski definition) is 1. The van der Waals surface area contributed by atoms with Gasteiger partial charge in [-0.15, -0.1) is 0 Å². The monoisotopic (exact) mass is 335 g/mol. The predicted molar refractivity (Wildman–Crippen MR) is 97.2 cm³/mol. The third-order valence-corrected chi connectivity index (χ3v) is 4.37. The van der Waals surface area contributed by atoms with Gasteiger partial charge in [-0.1, -0.05) is 37.8 Å². The fourth-order valence-electron chi connectivity index (χ4n) is 2.81. The summed E-state index contributed by atoms with van der Waals surface area (Å²) < 4.78 is 1.75. The molecule has 0 unspecified atom stereocenters. The van der Waals surface area contributed by atoms with E-state index in [0.29, 0.717) is 22.5 Å². The van der Waals surface area contributed by atoms with Gasteiger partial charge < -0.3 is 5.32 Å². The highest BCUT2D eigenvalue weighted by Crippen LogP contribution is 2.18. The van der Waals surface area contributed by atoms with Gasteiger partial charge in [0, 0.05) is 11.6 Å². The lowest BCUT2D eigenvalue weighted by molar-refractivity contribution is 0.489. The van der Waals surface area contributed by atoms with Gasteiger partial charge in [0.05, 0.1) is 16.9 Å². The van der Waals surface area contributed by atoms with Crippen LogP contribution in [0.5, 0.6) is 0 Å². The van der Waals surface area contributed by atoms with Gasteiger partial charge in [-0.05, 0) is 45.0 Å². The Morgan fingerprint density at radius 2 is 2.04 bits per heavy atom. The van der Waals surface area contributed by atoms with Crippen molar-refractivity contribution in [3.05, 3.63) is 39.4 Å². The summed E-state index contributed by atoms with van der Waals surface area (Å²) in [4.78, 5) is 17.4. The van der Waals surface area contributed by atoms with Crippen LogP contribution in [-0.2, 0) is 6.54 Å².